The zero-order valence-corrected chi connectivity index (χ0v) is 11.6. The van der Waals surface area contributed by atoms with Gasteiger partial charge in [-0.1, -0.05) is 19.9 Å². The van der Waals surface area contributed by atoms with Gasteiger partial charge < -0.3 is 5.73 Å². The van der Waals surface area contributed by atoms with Crippen LogP contribution in [0.15, 0.2) is 29.4 Å². The van der Waals surface area contributed by atoms with Crippen molar-refractivity contribution >= 4 is 21.5 Å². The number of pyridine rings is 1. The third kappa shape index (κ3) is 1.98. The highest BCUT2D eigenvalue weighted by molar-refractivity contribution is 7.89. The van der Waals surface area contributed by atoms with Crippen molar-refractivity contribution in [2.45, 2.75) is 31.3 Å². The molecule has 6 nitrogen and oxygen atoms in total. The fourth-order valence-corrected chi connectivity index (χ4v) is 3.79. The molecular formula is C12H16N4O2S. The number of nitrogens with one attached hydrogen (secondary N) is 1. The van der Waals surface area contributed by atoms with Crippen molar-refractivity contribution in [3.05, 3.63) is 24.4 Å². The monoisotopic (exact) mass is 280 g/mol. The van der Waals surface area contributed by atoms with Crippen molar-refractivity contribution in [2.24, 2.45) is 5.41 Å². The lowest BCUT2D eigenvalue weighted by Gasteiger charge is -2.08. The summed E-state index contributed by atoms with van der Waals surface area (Å²) in [6, 6.07) is 5.21. The Kier molecular flexibility index (Phi) is 2.42. The molecule has 7 heteroatoms. The number of anilines is 1. The molecule has 0 spiro atoms. The summed E-state index contributed by atoms with van der Waals surface area (Å²) in [5, 5.41) is 0.0193. The molecule has 1 aliphatic rings. The number of aromatic nitrogens is 2. The highest BCUT2D eigenvalue weighted by Crippen LogP contribution is 2.45. The number of nitrogen functional groups attached to an aromatic ring is 1. The molecule has 102 valence electrons. The summed E-state index contributed by atoms with van der Waals surface area (Å²) in [4.78, 5) is 4.07. The van der Waals surface area contributed by atoms with Crippen LogP contribution in [-0.2, 0) is 10.0 Å². The zero-order chi connectivity index (χ0) is 13.8. The maximum atomic E-state index is 12.4. The summed E-state index contributed by atoms with van der Waals surface area (Å²) >= 11 is 0. The zero-order valence-electron chi connectivity index (χ0n) is 10.8. The van der Waals surface area contributed by atoms with E-state index in [1.807, 2.05) is 13.8 Å². The summed E-state index contributed by atoms with van der Waals surface area (Å²) < 4.78 is 29.0. The molecule has 0 aromatic carbocycles. The number of rotatable bonds is 3. The molecule has 3 rings (SSSR count). The lowest BCUT2D eigenvalue weighted by Crippen LogP contribution is -2.30. The Morgan fingerprint density at radius 2 is 2.16 bits per heavy atom. The Hall–Kier alpha value is -1.60. The first-order chi connectivity index (χ1) is 8.81. The maximum absolute atomic E-state index is 12.4. The van der Waals surface area contributed by atoms with E-state index in [0.29, 0.717) is 5.65 Å². The molecule has 0 amide bonds. The number of fused-ring (bicyclic) bond motifs is 1. The van der Waals surface area contributed by atoms with Gasteiger partial charge in [-0.05, 0) is 24.0 Å². The number of nitrogens with zero attached hydrogens (tertiary/aromatic N) is 2. The quantitative estimate of drug-likeness (QED) is 0.877. The van der Waals surface area contributed by atoms with Gasteiger partial charge in [-0.3, -0.25) is 4.40 Å². The lowest BCUT2D eigenvalue weighted by atomic mass is 10.2. The van der Waals surface area contributed by atoms with Gasteiger partial charge in [-0.25, -0.2) is 18.1 Å². The van der Waals surface area contributed by atoms with Gasteiger partial charge in [0.25, 0.3) is 10.0 Å². The van der Waals surface area contributed by atoms with Crippen molar-refractivity contribution in [3.8, 4) is 0 Å². The van der Waals surface area contributed by atoms with E-state index in [-0.39, 0.29) is 22.3 Å². The number of imidazole rings is 1. The van der Waals surface area contributed by atoms with Crippen molar-refractivity contribution in [1.82, 2.24) is 14.1 Å². The number of nitrogens with two attached hydrogens (primary N) is 1. The molecule has 1 fully saturated rings. The van der Waals surface area contributed by atoms with Crippen LogP contribution in [0.25, 0.3) is 5.65 Å². The van der Waals surface area contributed by atoms with Gasteiger partial charge in [0.15, 0.2) is 10.8 Å². The van der Waals surface area contributed by atoms with E-state index < -0.39 is 10.0 Å². The fourth-order valence-electron chi connectivity index (χ4n) is 2.17. The van der Waals surface area contributed by atoms with Gasteiger partial charge in [-0.15, -0.1) is 0 Å². The van der Waals surface area contributed by atoms with E-state index in [0.717, 1.165) is 6.42 Å². The Balaban J connectivity index is 2.06. The number of hydrogen-bond acceptors (Lipinski definition) is 4. The summed E-state index contributed by atoms with van der Waals surface area (Å²) in [5.41, 5.74) is 6.29. The third-order valence-electron chi connectivity index (χ3n) is 3.58. The van der Waals surface area contributed by atoms with Crippen LogP contribution in [0.4, 0.5) is 5.82 Å². The average molecular weight is 280 g/mol. The van der Waals surface area contributed by atoms with Gasteiger partial charge in [0.2, 0.25) is 0 Å². The number of sulfonamides is 1. The van der Waals surface area contributed by atoms with Crippen LogP contribution in [0.3, 0.4) is 0 Å². The summed E-state index contributed by atoms with van der Waals surface area (Å²) in [6.07, 6.45) is 2.48. The molecule has 0 saturated heterocycles. The summed E-state index contributed by atoms with van der Waals surface area (Å²) in [5.74, 6) is 0.0251. The largest absolute Gasteiger partial charge is 0.381 e. The van der Waals surface area contributed by atoms with Gasteiger partial charge in [0.1, 0.15) is 5.65 Å². The highest BCUT2D eigenvalue weighted by Gasteiger charge is 2.48. The van der Waals surface area contributed by atoms with Crippen LogP contribution in [0, 0.1) is 5.41 Å². The van der Waals surface area contributed by atoms with Gasteiger partial charge in [0, 0.05) is 12.2 Å². The second-order valence-electron chi connectivity index (χ2n) is 5.60. The molecule has 1 unspecified atom stereocenters. The molecular weight excluding hydrogens is 264 g/mol. The highest BCUT2D eigenvalue weighted by atomic mass is 32.2. The molecule has 2 aromatic heterocycles. The first-order valence-corrected chi connectivity index (χ1v) is 7.54. The van der Waals surface area contributed by atoms with Crippen LogP contribution < -0.4 is 10.5 Å². The van der Waals surface area contributed by atoms with Crippen molar-refractivity contribution in [2.75, 3.05) is 5.73 Å². The Morgan fingerprint density at radius 3 is 2.79 bits per heavy atom. The van der Waals surface area contributed by atoms with E-state index in [1.54, 1.807) is 24.4 Å². The molecule has 0 aliphatic heterocycles. The van der Waals surface area contributed by atoms with Crippen molar-refractivity contribution < 1.29 is 8.42 Å². The molecule has 2 aromatic rings. The molecule has 0 bridgehead atoms. The van der Waals surface area contributed by atoms with E-state index >= 15 is 0 Å². The van der Waals surface area contributed by atoms with Crippen LogP contribution in [0.2, 0.25) is 0 Å². The minimum Gasteiger partial charge on any atom is -0.381 e. The topological polar surface area (TPSA) is 89.5 Å². The first-order valence-electron chi connectivity index (χ1n) is 6.06. The fraction of sp³-hybridized carbons (Fsp3) is 0.417. The van der Waals surface area contributed by atoms with Crippen LogP contribution in [0.1, 0.15) is 20.3 Å². The minimum atomic E-state index is -3.66. The Labute approximate surface area is 111 Å². The van der Waals surface area contributed by atoms with Gasteiger partial charge in [-0.2, -0.15) is 0 Å². The summed E-state index contributed by atoms with van der Waals surface area (Å²) in [7, 11) is -3.66. The molecule has 1 saturated carbocycles. The minimum absolute atomic E-state index is 0.0162. The Bertz CT molecular complexity index is 748. The summed E-state index contributed by atoms with van der Waals surface area (Å²) in [6.45, 7) is 4.05. The van der Waals surface area contributed by atoms with Crippen molar-refractivity contribution in [1.29, 1.82) is 0 Å². The molecule has 0 radical (unpaired) electrons. The van der Waals surface area contributed by atoms with E-state index in [2.05, 4.69) is 9.71 Å². The van der Waals surface area contributed by atoms with Crippen LogP contribution in [0.5, 0.6) is 0 Å². The molecule has 2 heterocycles. The van der Waals surface area contributed by atoms with Crippen LogP contribution >= 0.6 is 0 Å². The standard InChI is InChI=1S/C12H16N4O2S/c1-12(2)7-8(12)15-19(17,18)11-10(13)14-9-5-3-4-6-16(9)11/h3-6,8,15H,7,13H2,1-2H3. The van der Waals surface area contributed by atoms with Crippen molar-refractivity contribution in [3.63, 3.8) is 0 Å². The molecule has 3 N–H and O–H groups in total. The second kappa shape index (κ2) is 3.71. The average Bonchev–Trinajstić information content (AvgIpc) is 2.74. The molecule has 1 atom stereocenters. The second-order valence-corrected chi connectivity index (χ2v) is 7.23. The maximum Gasteiger partial charge on any atom is 0.260 e. The normalized spacial score (nSPS) is 21.7. The number of hydrogen-bond donors (Lipinski definition) is 2. The SMILES string of the molecule is CC1(C)CC1NS(=O)(=O)c1c(N)nc2ccccn12. The van der Waals surface area contributed by atoms with Gasteiger partial charge >= 0.3 is 0 Å². The first kappa shape index (κ1) is 12.4. The Morgan fingerprint density at radius 1 is 1.47 bits per heavy atom. The predicted molar refractivity (Wildman–Crippen MR) is 72.1 cm³/mol. The van der Waals surface area contributed by atoms with E-state index in [9.17, 15) is 8.42 Å². The van der Waals surface area contributed by atoms with Gasteiger partial charge in [0.05, 0.1) is 0 Å². The molecule has 19 heavy (non-hydrogen) atoms. The smallest absolute Gasteiger partial charge is 0.260 e. The van der Waals surface area contributed by atoms with E-state index in [4.69, 9.17) is 5.73 Å². The van der Waals surface area contributed by atoms with E-state index in [1.165, 1.54) is 4.40 Å². The predicted octanol–water partition coefficient (Wildman–Crippen LogP) is 0.993. The van der Waals surface area contributed by atoms with Crippen LogP contribution in [-0.4, -0.2) is 23.8 Å². The molecule has 1 aliphatic carbocycles. The lowest BCUT2D eigenvalue weighted by molar-refractivity contribution is 0.552. The third-order valence-corrected chi connectivity index (χ3v) is 5.09.